The molecular weight excluding hydrogens is 387 g/mol. The van der Waals surface area contributed by atoms with Crippen LogP contribution in [0.5, 0.6) is 0 Å². The van der Waals surface area contributed by atoms with E-state index in [0.717, 1.165) is 5.56 Å². The second kappa shape index (κ2) is 8.14. The number of aryl methyl sites for hydroxylation is 1. The van der Waals surface area contributed by atoms with Gasteiger partial charge in [0.1, 0.15) is 17.7 Å². The van der Waals surface area contributed by atoms with Gasteiger partial charge in [-0.05, 0) is 55.0 Å². The van der Waals surface area contributed by atoms with E-state index < -0.39 is 23.8 Å². The number of hydrogen-bond acceptors (Lipinski definition) is 4. The van der Waals surface area contributed by atoms with Crippen LogP contribution in [0.2, 0.25) is 0 Å². The van der Waals surface area contributed by atoms with Crippen molar-refractivity contribution in [3.63, 3.8) is 0 Å². The highest BCUT2D eigenvalue weighted by Crippen LogP contribution is 2.35. The fraction of sp³-hybridized carbons (Fsp3) is 0.421. The molecule has 7 nitrogen and oxygen atoms in total. The molecule has 2 aromatic rings. The Labute approximate surface area is 165 Å². The Hall–Kier alpha value is -3.04. The molecule has 3 heterocycles. The molecule has 2 aromatic heterocycles. The monoisotopic (exact) mass is 409 g/mol. The number of H-pyrrole nitrogens is 1. The lowest BCUT2D eigenvalue weighted by Crippen LogP contribution is -2.49. The second-order valence-electron chi connectivity index (χ2n) is 6.95. The van der Waals surface area contributed by atoms with E-state index in [-0.39, 0.29) is 24.6 Å². The molecule has 1 aliphatic rings. The zero-order chi connectivity index (χ0) is 21.2. The molecular formula is C19H22F3N5O2. The Balaban J connectivity index is 2.02. The number of aromatic amines is 1. The summed E-state index contributed by atoms with van der Waals surface area (Å²) in [5, 5.41) is 4.95. The van der Waals surface area contributed by atoms with Crippen molar-refractivity contribution in [2.75, 3.05) is 23.8 Å². The summed E-state index contributed by atoms with van der Waals surface area (Å²) in [7, 11) is 1.46. The van der Waals surface area contributed by atoms with Crippen molar-refractivity contribution in [3.8, 4) is 11.1 Å². The van der Waals surface area contributed by atoms with Crippen LogP contribution in [0, 0.1) is 6.92 Å². The summed E-state index contributed by atoms with van der Waals surface area (Å²) in [5.41, 5.74) is 1.27. The van der Waals surface area contributed by atoms with Crippen molar-refractivity contribution in [2.24, 2.45) is 0 Å². The van der Waals surface area contributed by atoms with Gasteiger partial charge in [0.05, 0.1) is 0 Å². The van der Waals surface area contributed by atoms with Gasteiger partial charge in [-0.25, -0.2) is 9.78 Å². The molecule has 0 bridgehead atoms. The summed E-state index contributed by atoms with van der Waals surface area (Å²) in [4.78, 5) is 31.6. The number of carbonyl (C=O) groups is 1. The minimum absolute atomic E-state index is 0.00968. The molecule has 0 aliphatic carbocycles. The van der Waals surface area contributed by atoms with E-state index in [1.54, 1.807) is 13.0 Å². The standard InChI is InChI=1S/C19H22F3N5O2/c1-11-10-24-15(25-18(29)23-2)9-13(11)12-7-16(26-17(28)8-12)27-6-4-3-5-14(27)19(20,21)22/h7-10,14H,3-6H2,1-2H3,(H,26,28)(H2,23,24,25,29)/t14-/m1/s1. The van der Waals surface area contributed by atoms with E-state index in [4.69, 9.17) is 0 Å². The normalized spacial score (nSPS) is 17.1. The fourth-order valence-corrected chi connectivity index (χ4v) is 3.48. The third-order valence-corrected chi connectivity index (χ3v) is 4.90. The number of hydrogen-bond donors (Lipinski definition) is 3. The Kier molecular flexibility index (Phi) is 5.81. The zero-order valence-electron chi connectivity index (χ0n) is 16.1. The van der Waals surface area contributed by atoms with Crippen LogP contribution in [0.3, 0.4) is 0 Å². The van der Waals surface area contributed by atoms with Crippen LogP contribution in [0.15, 0.2) is 29.2 Å². The smallest absolute Gasteiger partial charge is 0.346 e. The maximum Gasteiger partial charge on any atom is 0.408 e. The number of aromatic nitrogens is 2. The van der Waals surface area contributed by atoms with E-state index >= 15 is 0 Å². The molecule has 0 radical (unpaired) electrons. The lowest BCUT2D eigenvalue weighted by molar-refractivity contribution is -0.152. The number of carbonyl (C=O) groups excluding carboxylic acids is 1. The highest BCUT2D eigenvalue weighted by atomic mass is 19.4. The highest BCUT2D eigenvalue weighted by Gasteiger charge is 2.45. The molecule has 156 valence electrons. The van der Waals surface area contributed by atoms with E-state index in [1.165, 1.54) is 30.3 Å². The summed E-state index contributed by atoms with van der Waals surface area (Å²) in [6.07, 6.45) is -1.76. The van der Waals surface area contributed by atoms with Crippen LogP contribution in [0.1, 0.15) is 24.8 Å². The number of rotatable bonds is 3. The first-order valence-corrected chi connectivity index (χ1v) is 9.22. The summed E-state index contributed by atoms with van der Waals surface area (Å²) in [5.74, 6) is 0.393. The van der Waals surface area contributed by atoms with Gasteiger partial charge in [-0.2, -0.15) is 13.2 Å². The average Bonchev–Trinajstić information content (AvgIpc) is 2.68. The predicted molar refractivity (Wildman–Crippen MR) is 104 cm³/mol. The number of alkyl halides is 3. The molecule has 0 aromatic carbocycles. The van der Waals surface area contributed by atoms with Crippen LogP contribution >= 0.6 is 0 Å². The lowest BCUT2D eigenvalue weighted by Gasteiger charge is -2.38. The van der Waals surface area contributed by atoms with Gasteiger partial charge in [0.25, 0.3) is 0 Å². The Bertz CT molecular complexity index is 958. The average molecular weight is 409 g/mol. The van der Waals surface area contributed by atoms with Crippen molar-refractivity contribution in [1.82, 2.24) is 15.3 Å². The minimum Gasteiger partial charge on any atom is -0.346 e. The van der Waals surface area contributed by atoms with Gasteiger partial charge in [0, 0.05) is 25.9 Å². The topological polar surface area (TPSA) is 90.1 Å². The third-order valence-electron chi connectivity index (χ3n) is 4.90. The van der Waals surface area contributed by atoms with Crippen LogP contribution in [-0.2, 0) is 0 Å². The number of piperidine rings is 1. The number of urea groups is 1. The quantitative estimate of drug-likeness (QED) is 0.725. The van der Waals surface area contributed by atoms with Gasteiger partial charge < -0.3 is 15.2 Å². The van der Waals surface area contributed by atoms with Crippen molar-refractivity contribution in [2.45, 2.75) is 38.4 Å². The van der Waals surface area contributed by atoms with Crippen molar-refractivity contribution in [3.05, 3.63) is 40.3 Å². The number of pyridine rings is 2. The van der Waals surface area contributed by atoms with E-state index in [0.29, 0.717) is 24.0 Å². The molecule has 0 spiro atoms. The van der Waals surface area contributed by atoms with E-state index in [1.807, 2.05) is 0 Å². The number of anilines is 2. The molecule has 2 amide bonds. The summed E-state index contributed by atoms with van der Waals surface area (Å²) >= 11 is 0. The largest absolute Gasteiger partial charge is 0.408 e. The molecule has 3 rings (SSSR count). The van der Waals surface area contributed by atoms with Gasteiger partial charge >= 0.3 is 12.2 Å². The molecule has 1 aliphatic heterocycles. The lowest BCUT2D eigenvalue weighted by atomic mass is 10.00. The molecule has 0 unspecified atom stereocenters. The van der Waals surface area contributed by atoms with Crippen LogP contribution in [0.4, 0.5) is 29.6 Å². The Morgan fingerprint density at radius 2 is 2.03 bits per heavy atom. The van der Waals surface area contributed by atoms with Gasteiger partial charge in [-0.3, -0.25) is 10.1 Å². The Morgan fingerprint density at radius 3 is 2.72 bits per heavy atom. The maximum absolute atomic E-state index is 13.5. The number of halogens is 3. The Morgan fingerprint density at radius 1 is 1.28 bits per heavy atom. The van der Waals surface area contributed by atoms with Crippen LogP contribution in [-0.4, -0.2) is 41.8 Å². The fourth-order valence-electron chi connectivity index (χ4n) is 3.48. The molecule has 0 saturated carbocycles. The number of amides is 2. The first kappa shape index (κ1) is 20.7. The number of nitrogens with zero attached hydrogens (tertiary/aromatic N) is 2. The first-order chi connectivity index (χ1) is 13.7. The van der Waals surface area contributed by atoms with Crippen molar-refractivity contribution in [1.29, 1.82) is 0 Å². The molecule has 3 N–H and O–H groups in total. The summed E-state index contributed by atoms with van der Waals surface area (Å²) in [6.45, 7) is 1.98. The third kappa shape index (κ3) is 4.69. The van der Waals surface area contributed by atoms with Crippen LogP contribution < -0.4 is 21.1 Å². The minimum atomic E-state index is -4.38. The SMILES string of the molecule is CNC(=O)Nc1cc(-c2cc(N3CCCC[C@@H]3C(F)(F)F)[nH]c(=O)c2)c(C)cn1. The first-order valence-electron chi connectivity index (χ1n) is 9.22. The van der Waals surface area contributed by atoms with Gasteiger partial charge in [0.2, 0.25) is 5.56 Å². The molecule has 10 heteroatoms. The second-order valence-corrected chi connectivity index (χ2v) is 6.95. The van der Waals surface area contributed by atoms with Gasteiger partial charge in [-0.1, -0.05) is 0 Å². The summed E-state index contributed by atoms with van der Waals surface area (Å²) in [6, 6.07) is 2.35. The molecule has 1 atom stereocenters. The predicted octanol–water partition coefficient (Wildman–Crippen LogP) is 3.42. The van der Waals surface area contributed by atoms with Gasteiger partial charge in [0.15, 0.2) is 0 Å². The molecule has 1 saturated heterocycles. The molecule has 29 heavy (non-hydrogen) atoms. The molecule has 1 fully saturated rings. The maximum atomic E-state index is 13.5. The highest BCUT2D eigenvalue weighted by molar-refractivity contribution is 5.89. The van der Waals surface area contributed by atoms with Crippen LogP contribution in [0.25, 0.3) is 11.1 Å². The summed E-state index contributed by atoms with van der Waals surface area (Å²) < 4.78 is 40.5. The van der Waals surface area contributed by atoms with Crippen molar-refractivity contribution < 1.29 is 18.0 Å². The zero-order valence-corrected chi connectivity index (χ0v) is 16.1. The van der Waals surface area contributed by atoms with Crippen molar-refractivity contribution >= 4 is 17.7 Å². The van der Waals surface area contributed by atoms with E-state index in [2.05, 4.69) is 20.6 Å². The van der Waals surface area contributed by atoms with E-state index in [9.17, 15) is 22.8 Å². The number of nitrogens with one attached hydrogen (secondary N) is 3. The van der Waals surface area contributed by atoms with Gasteiger partial charge in [-0.15, -0.1) is 0 Å².